The highest BCUT2D eigenvalue weighted by Crippen LogP contribution is 2.43. The number of carbonyl (C=O) groups excluding carboxylic acids is 1. The van der Waals surface area contributed by atoms with Crippen molar-refractivity contribution in [3.63, 3.8) is 0 Å². The third kappa shape index (κ3) is 2.53. The number of nitrogens with one attached hydrogen (secondary N) is 1. The van der Waals surface area contributed by atoms with E-state index in [0.717, 1.165) is 19.3 Å². The van der Waals surface area contributed by atoms with Crippen LogP contribution < -0.4 is 11.1 Å². The molecular weight excluding hydrogens is 231 g/mol. The number of nitrogens with two attached hydrogens (primary N) is 1. The normalized spacial score (nSPS) is 17.1. The molecule has 4 heteroatoms. The molecule has 2 rings (SSSR count). The molecule has 1 aromatic rings. The minimum atomic E-state index is -0.301. The van der Waals surface area contributed by atoms with E-state index in [1.807, 2.05) is 0 Å². The van der Waals surface area contributed by atoms with Gasteiger partial charge < -0.3 is 11.1 Å². The molecule has 1 aliphatic carbocycles. The highest BCUT2D eigenvalue weighted by molar-refractivity contribution is 5.92. The van der Waals surface area contributed by atoms with E-state index in [1.165, 1.54) is 6.07 Å². The minimum Gasteiger partial charge on any atom is -0.330 e. The first-order chi connectivity index (χ1) is 8.56. The molecule has 18 heavy (non-hydrogen) atoms. The predicted molar refractivity (Wildman–Crippen MR) is 69.7 cm³/mol. The van der Waals surface area contributed by atoms with Crippen LogP contribution in [0.3, 0.4) is 0 Å². The second-order valence-electron chi connectivity index (χ2n) is 5.20. The first kappa shape index (κ1) is 13.0. The molecule has 3 nitrogen and oxygen atoms in total. The Labute approximate surface area is 107 Å². The smallest absolute Gasteiger partial charge is 0.224 e. The van der Waals surface area contributed by atoms with Crippen molar-refractivity contribution in [2.75, 3.05) is 11.9 Å². The third-order valence-corrected chi connectivity index (χ3v) is 3.92. The summed E-state index contributed by atoms with van der Waals surface area (Å²) in [4.78, 5) is 12.0. The van der Waals surface area contributed by atoms with Crippen molar-refractivity contribution >= 4 is 11.6 Å². The van der Waals surface area contributed by atoms with Crippen LogP contribution in [0.5, 0.6) is 0 Å². The summed E-state index contributed by atoms with van der Waals surface area (Å²) in [7, 11) is 0. The van der Waals surface area contributed by atoms with E-state index in [1.54, 1.807) is 19.1 Å². The zero-order chi connectivity index (χ0) is 13.2. The number of amides is 1. The Bertz CT molecular complexity index is 450. The monoisotopic (exact) mass is 250 g/mol. The Hall–Kier alpha value is -1.42. The van der Waals surface area contributed by atoms with Crippen molar-refractivity contribution in [1.82, 2.24) is 0 Å². The van der Waals surface area contributed by atoms with Crippen molar-refractivity contribution in [2.45, 2.75) is 32.6 Å². The van der Waals surface area contributed by atoms with Crippen LogP contribution in [0.1, 0.15) is 31.2 Å². The fourth-order valence-electron chi connectivity index (χ4n) is 2.41. The topological polar surface area (TPSA) is 55.1 Å². The first-order valence-corrected chi connectivity index (χ1v) is 6.31. The van der Waals surface area contributed by atoms with Gasteiger partial charge in [0.2, 0.25) is 5.91 Å². The maximum Gasteiger partial charge on any atom is 0.224 e. The second-order valence-corrected chi connectivity index (χ2v) is 5.20. The molecule has 1 aromatic carbocycles. The molecule has 0 aliphatic heterocycles. The SMILES string of the molecule is Cc1c(F)cccc1NC(=O)CC1(CN)CCC1. The molecule has 0 radical (unpaired) electrons. The van der Waals surface area contributed by atoms with E-state index in [0.29, 0.717) is 24.2 Å². The number of hydrogen-bond donors (Lipinski definition) is 2. The molecule has 0 aromatic heterocycles. The van der Waals surface area contributed by atoms with Gasteiger partial charge in [0.25, 0.3) is 0 Å². The van der Waals surface area contributed by atoms with Crippen LogP contribution in [0.25, 0.3) is 0 Å². The van der Waals surface area contributed by atoms with Crippen molar-refractivity contribution in [3.05, 3.63) is 29.6 Å². The van der Waals surface area contributed by atoms with Crippen LogP contribution in [0.15, 0.2) is 18.2 Å². The molecule has 3 N–H and O–H groups in total. The van der Waals surface area contributed by atoms with Crippen LogP contribution in [0.4, 0.5) is 10.1 Å². The summed E-state index contributed by atoms with van der Waals surface area (Å²) in [5.41, 5.74) is 6.72. The van der Waals surface area contributed by atoms with E-state index in [2.05, 4.69) is 5.32 Å². The number of carbonyl (C=O) groups is 1. The quantitative estimate of drug-likeness (QED) is 0.863. The van der Waals surface area contributed by atoms with Gasteiger partial charge in [0.05, 0.1) is 0 Å². The van der Waals surface area contributed by atoms with Gasteiger partial charge in [0.1, 0.15) is 5.82 Å². The van der Waals surface area contributed by atoms with E-state index >= 15 is 0 Å². The Morgan fingerprint density at radius 2 is 2.22 bits per heavy atom. The van der Waals surface area contributed by atoms with Gasteiger partial charge in [-0.15, -0.1) is 0 Å². The third-order valence-electron chi connectivity index (χ3n) is 3.92. The Balaban J connectivity index is 2.01. The fourth-order valence-corrected chi connectivity index (χ4v) is 2.41. The van der Waals surface area contributed by atoms with E-state index in [4.69, 9.17) is 5.73 Å². The summed E-state index contributed by atoms with van der Waals surface area (Å²) in [6.07, 6.45) is 3.60. The zero-order valence-electron chi connectivity index (χ0n) is 10.6. The number of hydrogen-bond acceptors (Lipinski definition) is 2. The van der Waals surface area contributed by atoms with Gasteiger partial charge in [-0.25, -0.2) is 4.39 Å². The lowest BCUT2D eigenvalue weighted by Crippen LogP contribution is -2.40. The number of anilines is 1. The lowest BCUT2D eigenvalue weighted by Gasteiger charge is -2.40. The van der Waals surface area contributed by atoms with Crippen molar-refractivity contribution in [3.8, 4) is 0 Å². The molecule has 0 heterocycles. The minimum absolute atomic E-state index is 0.0225. The maximum absolute atomic E-state index is 13.3. The van der Waals surface area contributed by atoms with Crippen molar-refractivity contribution in [1.29, 1.82) is 0 Å². The van der Waals surface area contributed by atoms with Crippen LogP contribution in [0.2, 0.25) is 0 Å². The number of benzene rings is 1. The van der Waals surface area contributed by atoms with E-state index in [9.17, 15) is 9.18 Å². The molecule has 0 atom stereocenters. The number of halogens is 1. The zero-order valence-corrected chi connectivity index (χ0v) is 10.6. The van der Waals surface area contributed by atoms with Crippen LogP contribution in [0, 0.1) is 18.2 Å². The molecule has 98 valence electrons. The summed E-state index contributed by atoms with van der Waals surface area (Å²) in [6, 6.07) is 4.70. The standard InChI is InChI=1S/C14H19FN2O/c1-10-11(15)4-2-5-12(10)17-13(18)8-14(9-16)6-3-7-14/h2,4-5H,3,6-9,16H2,1H3,(H,17,18). The Morgan fingerprint density at radius 3 is 2.78 bits per heavy atom. The predicted octanol–water partition coefficient (Wildman–Crippen LogP) is 2.59. The second kappa shape index (κ2) is 5.06. The largest absolute Gasteiger partial charge is 0.330 e. The summed E-state index contributed by atoms with van der Waals surface area (Å²) in [5, 5.41) is 2.77. The fraction of sp³-hybridized carbons (Fsp3) is 0.500. The molecule has 0 saturated heterocycles. The summed E-state index contributed by atoms with van der Waals surface area (Å²) >= 11 is 0. The first-order valence-electron chi connectivity index (χ1n) is 6.31. The summed E-state index contributed by atoms with van der Waals surface area (Å²) < 4.78 is 13.3. The molecule has 1 aliphatic rings. The molecule has 1 fully saturated rings. The average molecular weight is 250 g/mol. The summed E-state index contributed by atoms with van der Waals surface area (Å²) in [6.45, 7) is 2.20. The van der Waals surface area contributed by atoms with Gasteiger partial charge in [-0.3, -0.25) is 4.79 Å². The van der Waals surface area contributed by atoms with Gasteiger partial charge in [-0.2, -0.15) is 0 Å². The van der Waals surface area contributed by atoms with Crippen molar-refractivity contribution < 1.29 is 9.18 Å². The Kier molecular flexibility index (Phi) is 3.66. The summed E-state index contributed by atoms with van der Waals surface area (Å²) in [5.74, 6) is -0.376. The number of rotatable bonds is 4. The van der Waals surface area contributed by atoms with E-state index < -0.39 is 0 Å². The molecule has 0 unspecified atom stereocenters. The molecule has 1 saturated carbocycles. The van der Waals surface area contributed by atoms with Gasteiger partial charge >= 0.3 is 0 Å². The molecule has 0 spiro atoms. The van der Waals surface area contributed by atoms with Crippen molar-refractivity contribution in [2.24, 2.45) is 11.1 Å². The Morgan fingerprint density at radius 1 is 1.50 bits per heavy atom. The van der Waals surface area contributed by atoms with Gasteiger partial charge in [-0.1, -0.05) is 12.5 Å². The maximum atomic E-state index is 13.3. The van der Waals surface area contributed by atoms with Gasteiger partial charge in [-0.05, 0) is 43.9 Å². The van der Waals surface area contributed by atoms with Crippen LogP contribution in [-0.4, -0.2) is 12.5 Å². The molecule has 1 amide bonds. The molecule has 0 bridgehead atoms. The lowest BCUT2D eigenvalue weighted by atomic mass is 9.66. The van der Waals surface area contributed by atoms with Crippen LogP contribution in [-0.2, 0) is 4.79 Å². The molecular formula is C14H19FN2O. The average Bonchev–Trinajstić information content (AvgIpc) is 2.30. The van der Waals surface area contributed by atoms with Gasteiger partial charge in [0, 0.05) is 17.7 Å². The highest BCUT2D eigenvalue weighted by atomic mass is 19.1. The van der Waals surface area contributed by atoms with E-state index in [-0.39, 0.29) is 17.1 Å². The lowest BCUT2D eigenvalue weighted by molar-refractivity contribution is -0.119. The van der Waals surface area contributed by atoms with Gasteiger partial charge in [0.15, 0.2) is 0 Å². The highest BCUT2D eigenvalue weighted by Gasteiger charge is 2.37. The van der Waals surface area contributed by atoms with Crippen LogP contribution >= 0.6 is 0 Å².